The topological polar surface area (TPSA) is 98.2 Å². The van der Waals surface area contributed by atoms with E-state index in [0.29, 0.717) is 5.59 Å². The van der Waals surface area contributed by atoms with Crippen LogP contribution in [0.25, 0.3) is 0 Å². The zero-order chi connectivity index (χ0) is 15.1. The summed E-state index contributed by atoms with van der Waals surface area (Å²) >= 11 is 0. The van der Waals surface area contributed by atoms with E-state index in [1.807, 2.05) is 33.8 Å². The van der Waals surface area contributed by atoms with Crippen molar-refractivity contribution in [3.8, 4) is 6.07 Å². The Balaban J connectivity index is 2.45. The average molecular weight is 273 g/mol. The summed E-state index contributed by atoms with van der Waals surface area (Å²) in [6.07, 6.45) is 1.37. The molecule has 0 radical (unpaired) electrons. The lowest BCUT2D eigenvalue weighted by Crippen LogP contribution is -2.41. The zero-order valence-electron chi connectivity index (χ0n) is 11.9. The van der Waals surface area contributed by atoms with Crippen LogP contribution in [0.15, 0.2) is 12.3 Å². The van der Waals surface area contributed by atoms with Gasteiger partial charge >= 0.3 is 7.12 Å². The maximum atomic E-state index is 11.5. The third kappa shape index (κ3) is 2.28. The van der Waals surface area contributed by atoms with Gasteiger partial charge in [0, 0.05) is 6.20 Å². The van der Waals surface area contributed by atoms with Crippen LogP contribution in [0.2, 0.25) is 0 Å². The highest BCUT2D eigenvalue weighted by Gasteiger charge is 2.53. The molecule has 2 N–H and O–H groups in total. The summed E-state index contributed by atoms with van der Waals surface area (Å²) in [5.41, 5.74) is 4.97. The number of hydrogen-bond acceptors (Lipinski definition) is 5. The van der Waals surface area contributed by atoms with Crippen LogP contribution in [-0.4, -0.2) is 29.2 Å². The van der Waals surface area contributed by atoms with Crippen molar-refractivity contribution >= 4 is 18.6 Å². The number of aromatic nitrogens is 1. The Hall–Kier alpha value is -1.91. The lowest BCUT2D eigenvalue weighted by Gasteiger charge is -2.32. The number of nitriles is 1. The monoisotopic (exact) mass is 273 g/mol. The predicted octanol–water partition coefficient (Wildman–Crippen LogP) is 0.351. The average Bonchev–Trinajstić information content (AvgIpc) is 2.57. The molecule has 7 heteroatoms. The van der Waals surface area contributed by atoms with E-state index in [0.717, 1.165) is 0 Å². The first-order valence-corrected chi connectivity index (χ1v) is 6.23. The SMILES string of the molecule is CC1(C)OB(c2ncc(C#N)cc2C(N)=O)OC1(C)C. The Bertz CT molecular complexity index is 591. The molecule has 1 saturated heterocycles. The number of nitrogens with two attached hydrogens (primary N) is 1. The molecule has 2 rings (SSSR count). The Morgan fingerprint density at radius 2 is 1.90 bits per heavy atom. The number of nitrogens with zero attached hydrogens (tertiary/aromatic N) is 2. The van der Waals surface area contributed by atoms with Gasteiger partial charge in [-0.15, -0.1) is 0 Å². The van der Waals surface area contributed by atoms with Crippen LogP contribution >= 0.6 is 0 Å². The molecule has 0 atom stereocenters. The van der Waals surface area contributed by atoms with E-state index in [1.54, 1.807) is 0 Å². The van der Waals surface area contributed by atoms with Crippen LogP contribution in [0.4, 0.5) is 0 Å². The molecule has 0 unspecified atom stereocenters. The van der Waals surface area contributed by atoms with E-state index in [9.17, 15) is 4.79 Å². The third-order valence-corrected chi connectivity index (χ3v) is 3.79. The van der Waals surface area contributed by atoms with Crippen molar-refractivity contribution in [1.82, 2.24) is 4.98 Å². The summed E-state index contributed by atoms with van der Waals surface area (Å²) < 4.78 is 11.7. The van der Waals surface area contributed by atoms with Crippen LogP contribution in [0.3, 0.4) is 0 Å². The highest BCUT2D eigenvalue weighted by Crippen LogP contribution is 2.36. The molecule has 0 aliphatic carbocycles. The van der Waals surface area contributed by atoms with E-state index < -0.39 is 24.2 Å². The van der Waals surface area contributed by atoms with Gasteiger partial charge in [-0.3, -0.25) is 9.78 Å². The number of primary amides is 1. The minimum absolute atomic E-state index is 0.141. The summed E-state index contributed by atoms with van der Waals surface area (Å²) in [5, 5.41) is 8.86. The van der Waals surface area contributed by atoms with E-state index >= 15 is 0 Å². The minimum atomic E-state index is -0.782. The van der Waals surface area contributed by atoms with E-state index in [4.69, 9.17) is 20.3 Å². The van der Waals surface area contributed by atoms with Crippen LogP contribution in [0.5, 0.6) is 0 Å². The van der Waals surface area contributed by atoms with Crippen LogP contribution < -0.4 is 11.3 Å². The lowest BCUT2D eigenvalue weighted by atomic mass is 9.80. The van der Waals surface area contributed by atoms with Crippen molar-refractivity contribution in [3.63, 3.8) is 0 Å². The van der Waals surface area contributed by atoms with Gasteiger partial charge in [0.05, 0.1) is 27.9 Å². The van der Waals surface area contributed by atoms with Gasteiger partial charge in [0.1, 0.15) is 6.07 Å². The molecule has 1 aromatic rings. The van der Waals surface area contributed by atoms with Crippen LogP contribution in [0, 0.1) is 11.3 Å². The lowest BCUT2D eigenvalue weighted by molar-refractivity contribution is 0.00578. The molecule has 1 aromatic heterocycles. The molecule has 104 valence electrons. The Kier molecular flexibility index (Phi) is 3.32. The number of carbonyl (C=O) groups is 1. The van der Waals surface area contributed by atoms with Gasteiger partial charge in [0.2, 0.25) is 5.91 Å². The molecule has 20 heavy (non-hydrogen) atoms. The number of amides is 1. The summed E-state index contributed by atoms with van der Waals surface area (Å²) in [4.78, 5) is 15.6. The van der Waals surface area contributed by atoms with Gasteiger partial charge in [-0.1, -0.05) is 0 Å². The van der Waals surface area contributed by atoms with Crippen molar-refractivity contribution in [2.45, 2.75) is 38.9 Å². The largest absolute Gasteiger partial charge is 0.515 e. The fraction of sp³-hybridized carbons (Fsp3) is 0.462. The van der Waals surface area contributed by atoms with Gasteiger partial charge in [0.25, 0.3) is 0 Å². The zero-order valence-corrected chi connectivity index (χ0v) is 11.9. The van der Waals surface area contributed by atoms with Crippen molar-refractivity contribution in [3.05, 3.63) is 23.4 Å². The molecule has 1 aliphatic heterocycles. The number of hydrogen-bond donors (Lipinski definition) is 1. The minimum Gasteiger partial charge on any atom is -0.398 e. The quantitative estimate of drug-likeness (QED) is 0.784. The standard InChI is InChI=1S/C13H16BN3O3/c1-12(2)13(3,4)20-14(19-12)10-9(11(16)18)5-8(6-15)7-17-10/h5,7H,1-4H3,(H2,16,18). The highest BCUT2D eigenvalue weighted by atomic mass is 16.7. The molecule has 1 amide bonds. The molecule has 1 aliphatic rings. The second-order valence-corrected chi connectivity index (χ2v) is 5.72. The third-order valence-electron chi connectivity index (χ3n) is 3.79. The molecule has 6 nitrogen and oxygen atoms in total. The van der Waals surface area contributed by atoms with Crippen molar-refractivity contribution in [1.29, 1.82) is 5.26 Å². The van der Waals surface area contributed by atoms with E-state index in [2.05, 4.69) is 4.98 Å². The molecule has 0 spiro atoms. The Morgan fingerprint density at radius 3 is 2.35 bits per heavy atom. The first kappa shape index (κ1) is 14.5. The smallest absolute Gasteiger partial charge is 0.398 e. The maximum Gasteiger partial charge on any atom is 0.515 e. The van der Waals surface area contributed by atoms with Crippen molar-refractivity contribution < 1.29 is 14.1 Å². The first-order chi connectivity index (χ1) is 9.18. The van der Waals surface area contributed by atoms with Gasteiger partial charge in [-0.25, -0.2) is 0 Å². The maximum absolute atomic E-state index is 11.5. The molecular formula is C13H16BN3O3. The number of carbonyl (C=O) groups excluding carboxylic acids is 1. The summed E-state index contributed by atoms with van der Waals surface area (Å²) in [6, 6.07) is 3.32. The molecule has 2 heterocycles. The molecule has 0 aromatic carbocycles. The van der Waals surface area contributed by atoms with Gasteiger partial charge in [0.15, 0.2) is 0 Å². The fourth-order valence-corrected chi connectivity index (χ4v) is 1.88. The van der Waals surface area contributed by atoms with Gasteiger partial charge < -0.3 is 15.0 Å². The van der Waals surface area contributed by atoms with Crippen molar-refractivity contribution in [2.75, 3.05) is 0 Å². The van der Waals surface area contributed by atoms with E-state index in [1.165, 1.54) is 12.3 Å². The number of pyridine rings is 1. The first-order valence-electron chi connectivity index (χ1n) is 6.23. The normalized spacial score (nSPS) is 19.6. The molecule has 1 fully saturated rings. The second-order valence-electron chi connectivity index (χ2n) is 5.72. The van der Waals surface area contributed by atoms with Crippen LogP contribution in [0.1, 0.15) is 43.6 Å². The van der Waals surface area contributed by atoms with Crippen LogP contribution in [-0.2, 0) is 9.31 Å². The second kappa shape index (κ2) is 4.58. The highest BCUT2D eigenvalue weighted by molar-refractivity contribution is 6.62. The molecule has 0 saturated carbocycles. The Morgan fingerprint density at radius 1 is 1.35 bits per heavy atom. The molecular weight excluding hydrogens is 257 g/mol. The summed E-state index contributed by atoms with van der Waals surface area (Å²) in [5.74, 6) is -0.667. The summed E-state index contributed by atoms with van der Waals surface area (Å²) in [7, 11) is -0.782. The summed E-state index contributed by atoms with van der Waals surface area (Å²) in [6.45, 7) is 7.61. The predicted molar refractivity (Wildman–Crippen MR) is 73.2 cm³/mol. The molecule has 0 bridgehead atoms. The van der Waals surface area contributed by atoms with Gasteiger partial charge in [-0.2, -0.15) is 5.26 Å². The van der Waals surface area contributed by atoms with Gasteiger partial charge in [-0.05, 0) is 33.8 Å². The van der Waals surface area contributed by atoms with E-state index in [-0.39, 0.29) is 11.1 Å². The Labute approximate surface area is 118 Å². The number of rotatable bonds is 2. The van der Waals surface area contributed by atoms with Crippen molar-refractivity contribution in [2.24, 2.45) is 5.73 Å². The fourth-order valence-electron chi connectivity index (χ4n) is 1.88.